The van der Waals surface area contributed by atoms with Gasteiger partial charge in [-0.1, -0.05) is 44.2 Å². The van der Waals surface area contributed by atoms with Crippen LogP contribution in [-0.2, 0) is 5.41 Å². The third-order valence-electron chi connectivity index (χ3n) is 5.17. The first kappa shape index (κ1) is 14.3. The fraction of sp³-hybridized carbons (Fsp3) is 0.350. The van der Waals surface area contributed by atoms with Gasteiger partial charge in [-0.3, -0.25) is 0 Å². The van der Waals surface area contributed by atoms with Gasteiger partial charge in [0, 0.05) is 11.5 Å². The highest BCUT2D eigenvalue weighted by Crippen LogP contribution is 2.49. The maximum absolute atomic E-state index is 4.57. The van der Waals surface area contributed by atoms with E-state index >= 15 is 0 Å². The van der Waals surface area contributed by atoms with Crippen LogP contribution in [0.4, 0.5) is 5.69 Å². The van der Waals surface area contributed by atoms with Crippen LogP contribution in [0.5, 0.6) is 0 Å². The van der Waals surface area contributed by atoms with Gasteiger partial charge < -0.3 is 4.90 Å². The Bertz CT molecular complexity index is 789. The zero-order chi connectivity index (χ0) is 16.2. The van der Waals surface area contributed by atoms with E-state index in [4.69, 9.17) is 0 Å². The van der Waals surface area contributed by atoms with Crippen molar-refractivity contribution in [3.05, 3.63) is 53.6 Å². The van der Waals surface area contributed by atoms with Crippen molar-refractivity contribution in [2.24, 2.45) is 5.10 Å². The standard InChI is InChI=1S/C20H23N3/c1-14(2)22-12-21-23(13-22)15-9-10-17-16-7-5-6-8-18(16)20(3,4)19(17)11-15/h5-12,14H,13H2,1-4H3. The molecule has 0 amide bonds. The van der Waals surface area contributed by atoms with E-state index in [1.807, 2.05) is 6.34 Å². The van der Waals surface area contributed by atoms with Crippen molar-refractivity contribution in [2.45, 2.75) is 39.2 Å². The molecule has 2 aliphatic rings. The molecule has 0 saturated heterocycles. The van der Waals surface area contributed by atoms with Crippen LogP contribution >= 0.6 is 0 Å². The number of rotatable bonds is 2. The van der Waals surface area contributed by atoms with Crippen LogP contribution in [0.1, 0.15) is 38.8 Å². The van der Waals surface area contributed by atoms with Gasteiger partial charge in [-0.05, 0) is 48.2 Å². The molecule has 0 unspecified atom stereocenters. The zero-order valence-corrected chi connectivity index (χ0v) is 14.2. The Morgan fingerprint density at radius 3 is 2.48 bits per heavy atom. The Balaban J connectivity index is 1.74. The van der Waals surface area contributed by atoms with Crippen LogP contribution in [0, 0.1) is 0 Å². The molecule has 118 valence electrons. The molecule has 0 spiro atoms. The van der Waals surface area contributed by atoms with Gasteiger partial charge in [-0.15, -0.1) is 0 Å². The first-order valence-corrected chi connectivity index (χ1v) is 8.30. The molecule has 0 bridgehead atoms. The molecule has 2 aromatic carbocycles. The number of anilines is 1. The highest BCUT2D eigenvalue weighted by atomic mass is 15.6. The minimum atomic E-state index is 0.0448. The van der Waals surface area contributed by atoms with E-state index in [0.717, 1.165) is 6.67 Å². The molecule has 0 fully saturated rings. The average molecular weight is 305 g/mol. The van der Waals surface area contributed by atoms with Crippen molar-refractivity contribution in [3.8, 4) is 11.1 Å². The number of benzene rings is 2. The van der Waals surface area contributed by atoms with Crippen LogP contribution < -0.4 is 5.01 Å². The Morgan fingerprint density at radius 1 is 1.00 bits per heavy atom. The molecule has 23 heavy (non-hydrogen) atoms. The smallest absolute Gasteiger partial charge is 0.113 e. The molecule has 2 aromatic rings. The van der Waals surface area contributed by atoms with Crippen LogP contribution in [0.2, 0.25) is 0 Å². The third-order valence-corrected chi connectivity index (χ3v) is 5.17. The van der Waals surface area contributed by atoms with E-state index in [1.54, 1.807) is 0 Å². The van der Waals surface area contributed by atoms with E-state index in [0.29, 0.717) is 6.04 Å². The lowest BCUT2D eigenvalue weighted by Gasteiger charge is -2.25. The second-order valence-electron chi connectivity index (χ2n) is 7.28. The molecule has 0 aromatic heterocycles. The van der Waals surface area contributed by atoms with Crippen molar-refractivity contribution in [1.82, 2.24) is 4.90 Å². The molecule has 1 aliphatic carbocycles. The molecule has 0 atom stereocenters. The summed E-state index contributed by atoms with van der Waals surface area (Å²) in [4.78, 5) is 2.24. The summed E-state index contributed by atoms with van der Waals surface area (Å²) in [6.07, 6.45) is 1.94. The summed E-state index contributed by atoms with van der Waals surface area (Å²) < 4.78 is 0. The number of hydrogen-bond donors (Lipinski definition) is 0. The molecule has 3 nitrogen and oxygen atoms in total. The maximum Gasteiger partial charge on any atom is 0.113 e. The first-order chi connectivity index (χ1) is 11.0. The minimum absolute atomic E-state index is 0.0448. The Labute approximate surface area is 138 Å². The van der Waals surface area contributed by atoms with Crippen molar-refractivity contribution < 1.29 is 0 Å². The van der Waals surface area contributed by atoms with E-state index < -0.39 is 0 Å². The van der Waals surface area contributed by atoms with E-state index in [1.165, 1.54) is 27.9 Å². The molecule has 3 heteroatoms. The lowest BCUT2D eigenvalue weighted by Crippen LogP contribution is -2.32. The van der Waals surface area contributed by atoms with Gasteiger partial charge in [0.25, 0.3) is 0 Å². The number of hydrazone groups is 1. The third kappa shape index (κ3) is 2.07. The maximum atomic E-state index is 4.57. The van der Waals surface area contributed by atoms with Crippen molar-refractivity contribution in [1.29, 1.82) is 0 Å². The fourth-order valence-corrected chi connectivity index (χ4v) is 3.65. The molecule has 1 heterocycles. The lowest BCUT2D eigenvalue weighted by molar-refractivity contribution is 0.381. The molecule has 0 radical (unpaired) electrons. The van der Waals surface area contributed by atoms with Crippen LogP contribution in [0.3, 0.4) is 0 Å². The van der Waals surface area contributed by atoms with Gasteiger partial charge in [0.05, 0.1) is 5.69 Å². The van der Waals surface area contributed by atoms with Crippen LogP contribution in [0.15, 0.2) is 47.6 Å². The second kappa shape index (κ2) is 4.85. The monoisotopic (exact) mass is 305 g/mol. The summed E-state index contributed by atoms with van der Waals surface area (Å²) >= 11 is 0. The summed E-state index contributed by atoms with van der Waals surface area (Å²) in [6, 6.07) is 16.0. The Hall–Kier alpha value is -2.29. The van der Waals surface area contributed by atoms with Gasteiger partial charge >= 0.3 is 0 Å². The van der Waals surface area contributed by atoms with Crippen molar-refractivity contribution in [2.75, 3.05) is 11.7 Å². The Morgan fingerprint density at radius 2 is 1.74 bits per heavy atom. The summed E-state index contributed by atoms with van der Waals surface area (Å²) in [6.45, 7) is 9.84. The van der Waals surface area contributed by atoms with Gasteiger partial charge in [0.1, 0.15) is 13.0 Å². The average Bonchev–Trinajstić information content (AvgIpc) is 3.11. The summed E-state index contributed by atoms with van der Waals surface area (Å²) in [5.74, 6) is 0. The lowest BCUT2D eigenvalue weighted by atomic mass is 9.82. The van der Waals surface area contributed by atoms with Crippen molar-refractivity contribution >= 4 is 12.0 Å². The molecule has 0 N–H and O–H groups in total. The van der Waals surface area contributed by atoms with Crippen LogP contribution in [0.25, 0.3) is 11.1 Å². The van der Waals surface area contributed by atoms with E-state index in [2.05, 4.69) is 85.2 Å². The number of hydrogen-bond acceptors (Lipinski definition) is 3. The topological polar surface area (TPSA) is 18.8 Å². The summed E-state index contributed by atoms with van der Waals surface area (Å²) in [5.41, 5.74) is 6.76. The fourth-order valence-electron chi connectivity index (χ4n) is 3.65. The predicted octanol–water partition coefficient (Wildman–Crippen LogP) is 4.42. The van der Waals surface area contributed by atoms with Gasteiger partial charge in [0.15, 0.2) is 0 Å². The highest BCUT2D eigenvalue weighted by molar-refractivity contribution is 5.82. The van der Waals surface area contributed by atoms with Crippen molar-refractivity contribution in [3.63, 3.8) is 0 Å². The summed E-state index contributed by atoms with van der Waals surface area (Å²) in [5, 5.41) is 6.65. The Kier molecular flexibility index (Phi) is 3.02. The molecule has 1 aliphatic heterocycles. The number of nitrogens with zero attached hydrogens (tertiary/aromatic N) is 3. The molecule has 4 rings (SSSR count). The SMILES string of the molecule is CC(C)N1C=NN(c2ccc3c(c2)C(C)(C)c2ccccc2-3)C1. The molecular weight excluding hydrogens is 282 g/mol. The normalized spacial score (nSPS) is 17.8. The largest absolute Gasteiger partial charge is 0.339 e. The predicted molar refractivity (Wildman–Crippen MR) is 96.8 cm³/mol. The minimum Gasteiger partial charge on any atom is -0.339 e. The van der Waals surface area contributed by atoms with Crippen LogP contribution in [-0.4, -0.2) is 23.9 Å². The first-order valence-electron chi connectivity index (χ1n) is 8.30. The van der Waals surface area contributed by atoms with Gasteiger partial charge in [-0.2, -0.15) is 5.10 Å². The zero-order valence-electron chi connectivity index (χ0n) is 14.2. The number of fused-ring (bicyclic) bond motifs is 3. The highest BCUT2D eigenvalue weighted by Gasteiger charge is 2.35. The van der Waals surface area contributed by atoms with Gasteiger partial charge in [0.2, 0.25) is 0 Å². The quantitative estimate of drug-likeness (QED) is 0.817. The molecular formula is C20H23N3. The summed E-state index contributed by atoms with van der Waals surface area (Å²) in [7, 11) is 0. The molecule has 0 saturated carbocycles. The van der Waals surface area contributed by atoms with E-state index in [-0.39, 0.29) is 5.41 Å². The van der Waals surface area contributed by atoms with Gasteiger partial charge in [-0.25, -0.2) is 5.01 Å². The second-order valence-corrected chi connectivity index (χ2v) is 7.28. The van der Waals surface area contributed by atoms with E-state index in [9.17, 15) is 0 Å².